The highest BCUT2D eigenvalue weighted by molar-refractivity contribution is 7.91. The lowest BCUT2D eigenvalue weighted by atomic mass is 10.2. The number of aromatic nitrogens is 1. The second kappa shape index (κ2) is 4.62. The first-order chi connectivity index (χ1) is 8.02. The number of rotatable bonds is 3. The van der Waals surface area contributed by atoms with Crippen molar-refractivity contribution in [2.24, 2.45) is 5.73 Å². The molecule has 0 saturated carbocycles. The number of nitrogens with two attached hydrogens (primary N) is 1. The van der Waals surface area contributed by atoms with E-state index in [1.807, 2.05) is 24.1 Å². The van der Waals surface area contributed by atoms with Crippen molar-refractivity contribution in [3.63, 3.8) is 0 Å². The quantitative estimate of drug-likeness (QED) is 0.833. The molecule has 2 N–H and O–H groups in total. The van der Waals surface area contributed by atoms with E-state index < -0.39 is 9.84 Å². The van der Waals surface area contributed by atoms with E-state index in [-0.39, 0.29) is 17.5 Å². The Balaban J connectivity index is 2.17. The number of sulfone groups is 1. The summed E-state index contributed by atoms with van der Waals surface area (Å²) < 4.78 is 22.9. The van der Waals surface area contributed by atoms with E-state index in [0.717, 1.165) is 11.4 Å². The van der Waals surface area contributed by atoms with Crippen molar-refractivity contribution < 1.29 is 8.42 Å². The average molecular weight is 255 g/mol. The van der Waals surface area contributed by atoms with Gasteiger partial charge < -0.3 is 10.6 Å². The summed E-state index contributed by atoms with van der Waals surface area (Å²) in [6, 6.07) is 3.80. The molecule has 0 aliphatic carbocycles. The van der Waals surface area contributed by atoms with Crippen LogP contribution in [0.3, 0.4) is 0 Å². The van der Waals surface area contributed by atoms with E-state index in [9.17, 15) is 8.42 Å². The van der Waals surface area contributed by atoms with Crippen molar-refractivity contribution in [2.75, 3.05) is 23.5 Å². The molecule has 1 saturated heterocycles. The molecule has 1 fully saturated rings. The maximum atomic E-state index is 11.4. The zero-order chi connectivity index (χ0) is 12.5. The van der Waals surface area contributed by atoms with Crippen molar-refractivity contribution in [2.45, 2.75) is 19.0 Å². The van der Waals surface area contributed by atoms with Crippen molar-refractivity contribution in [3.05, 3.63) is 23.9 Å². The Bertz CT molecular complexity index is 501. The van der Waals surface area contributed by atoms with Gasteiger partial charge in [-0.15, -0.1) is 0 Å². The third-order valence-electron chi connectivity index (χ3n) is 3.16. The van der Waals surface area contributed by atoms with Crippen molar-refractivity contribution >= 4 is 15.7 Å². The van der Waals surface area contributed by atoms with E-state index in [4.69, 9.17) is 5.73 Å². The molecule has 0 aromatic carbocycles. The number of nitrogens with zero attached hydrogens (tertiary/aromatic N) is 2. The molecule has 6 heteroatoms. The van der Waals surface area contributed by atoms with Gasteiger partial charge in [0.15, 0.2) is 9.84 Å². The zero-order valence-electron chi connectivity index (χ0n) is 9.83. The molecule has 5 nitrogen and oxygen atoms in total. The maximum absolute atomic E-state index is 11.4. The molecule has 2 heterocycles. The van der Waals surface area contributed by atoms with Gasteiger partial charge in [-0.2, -0.15) is 0 Å². The normalized spacial score (nSPS) is 22.6. The van der Waals surface area contributed by atoms with Gasteiger partial charge in [0.2, 0.25) is 0 Å². The van der Waals surface area contributed by atoms with Crippen molar-refractivity contribution in [1.29, 1.82) is 0 Å². The number of pyridine rings is 1. The van der Waals surface area contributed by atoms with E-state index in [1.54, 1.807) is 6.20 Å². The van der Waals surface area contributed by atoms with Crippen LogP contribution in [-0.4, -0.2) is 38.0 Å². The van der Waals surface area contributed by atoms with Gasteiger partial charge in [0, 0.05) is 25.8 Å². The second-order valence-corrected chi connectivity index (χ2v) is 6.62. The molecule has 1 atom stereocenters. The first kappa shape index (κ1) is 12.3. The van der Waals surface area contributed by atoms with Gasteiger partial charge in [-0.3, -0.25) is 0 Å². The van der Waals surface area contributed by atoms with Crippen LogP contribution in [0.1, 0.15) is 12.0 Å². The monoisotopic (exact) mass is 255 g/mol. The minimum Gasteiger partial charge on any atom is -0.356 e. The topological polar surface area (TPSA) is 76.3 Å². The summed E-state index contributed by atoms with van der Waals surface area (Å²) in [7, 11) is -0.975. The van der Waals surface area contributed by atoms with Crippen LogP contribution in [0.2, 0.25) is 0 Å². The van der Waals surface area contributed by atoms with Gasteiger partial charge in [-0.25, -0.2) is 13.4 Å². The van der Waals surface area contributed by atoms with Gasteiger partial charge in [0.05, 0.1) is 11.5 Å². The Morgan fingerprint density at radius 3 is 2.94 bits per heavy atom. The fraction of sp³-hybridized carbons (Fsp3) is 0.545. The highest BCUT2D eigenvalue weighted by Gasteiger charge is 2.31. The largest absolute Gasteiger partial charge is 0.356 e. The molecular weight excluding hydrogens is 238 g/mol. The SMILES string of the molecule is CN(c1cc(CN)ccn1)C1CCS(=O)(=O)C1. The predicted molar refractivity (Wildman–Crippen MR) is 67.6 cm³/mol. The van der Waals surface area contributed by atoms with E-state index in [2.05, 4.69) is 4.98 Å². The Labute approximate surface area is 102 Å². The summed E-state index contributed by atoms with van der Waals surface area (Å²) in [4.78, 5) is 6.19. The molecule has 1 aromatic rings. The fourth-order valence-electron chi connectivity index (χ4n) is 2.05. The first-order valence-electron chi connectivity index (χ1n) is 5.60. The Morgan fingerprint density at radius 1 is 1.59 bits per heavy atom. The standard InChI is InChI=1S/C11H17N3O2S/c1-14(10-3-5-17(15,16)8-10)11-6-9(7-12)2-4-13-11/h2,4,6,10H,3,5,7-8,12H2,1H3. The van der Waals surface area contributed by atoms with Crippen LogP contribution in [0.15, 0.2) is 18.3 Å². The highest BCUT2D eigenvalue weighted by atomic mass is 32.2. The summed E-state index contributed by atoms with van der Waals surface area (Å²) in [5.74, 6) is 1.28. The van der Waals surface area contributed by atoms with Gasteiger partial charge >= 0.3 is 0 Å². The molecule has 0 amide bonds. The first-order valence-corrected chi connectivity index (χ1v) is 7.42. The lowest BCUT2D eigenvalue weighted by Crippen LogP contribution is -2.33. The minimum absolute atomic E-state index is 0.0283. The summed E-state index contributed by atoms with van der Waals surface area (Å²) in [6.45, 7) is 0.465. The molecule has 1 unspecified atom stereocenters. The van der Waals surface area contributed by atoms with Crippen LogP contribution in [0.4, 0.5) is 5.82 Å². The van der Waals surface area contributed by atoms with E-state index in [1.165, 1.54) is 0 Å². The predicted octanol–water partition coefficient (Wildman–Crippen LogP) is 0.164. The molecule has 1 aliphatic heterocycles. The van der Waals surface area contributed by atoms with Crippen LogP contribution < -0.4 is 10.6 Å². The van der Waals surface area contributed by atoms with Gasteiger partial charge in [-0.05, 0) is 24.1 Å². The fourth-order valence-corrected chi connectivity index (χ4v) is 3.82. The third-order valence-corrected chi connectivity index (χ3v) is 4.91. The Morgan fingerprint density at radius 2 is 2.35 bits per heavy atom. The molecule has 0 bridgehead atoms. The minimum atomic E-state index is -2.86. The van der Waals surface area contributed by atoms with Crippen molar-refractivity contribution in [3.8, 4) is 0 Å². The lowest BCUT2D eigenvalue weighted by Gasteiger charge is -2.24. The van der Waals surface area contributed by atoms with Crippen LogP contribution in [-0.2, 0) is 16.4 Å². The summed E-state index contributed by atoms with van der Waals surface area (Å²) in [6.07, 6.45) is 2.38. The summed E-state index contributed by atoms with van der Waals surface area (Å²) in [5, 5.41) is 0. The summed E-state index contributed by atoms with van der Waals surface area (Å²) >= 11 is 0. The molecule has 2 rings (SSSR count). The van der Waals surface area contributed by atoms with E-state index in [0.29, 0.717) is 13.0 Å². The number of anilines is 1. The van der Waals surface area contributed by atoms with Crippen LogP contribution in [0.25, 0.3) is 0 Å². The average Bonchev–Trinajstić information content (AvgIpc) is 2.69. The third kappa shape index (κ3) is 2.76. The van der Waals surface area contributed by atoms with Crippen LogP contribution >= 0.6 is 0 Å². The zero-order valence-corrected chi connectivity index (χ0v) is 10.7. The molecule has 0 radical (unpaired) electrons. The van der Waals surface area contributed by atoms with E-state index >= 15 is 0 Å². The Kier molecular flexibility index (Phi) is 3.35. The Hall–Kier alpha value is -1.14. The van der Waals surface area contributed by atoms with Crippen LogP contribution in [0.5, 0.6) is 0 Å². The highest BCUT2D eigenvalue weighted by Crippen LogP contribution is 2.21. The molecule has 94 valence electrons. The maximum Gasteiger partial charge on any atom is 0.152 e. The smallest absolute Gasteiger partial charge is 0.152 e. The van der Waals surface area contributed by atoms with Gasteiger partial charge in [0.25, 0.3) is 0 Å². The number of hydrogen-bond donors (Lipinski definition) is 1. The van der Waals surface area contributed by atoms with Gasteiger partial charge in [-0.1, -0.05) is 0 Å². The van der Waals surface area contributed by atoms with Gasteiger partial charge in [0.1, 0.15) is 5.82 Å². The molecule has 0 spiro atoms. The summed E-state index contributed by atoms with van der Waals surface area (Å²) in [5.41, 5.74) is 6.58. The second-order valence-electron chi connectivity index (χ2n) is 4.39. The molecule has 1 aromatic heterocycles. The lowest BCUT2D eigenvalue weighted by molar-refractivity contribution is 0.600. The molecule has 17 heavy (non-hydrogen) atoms. The van der Waals surface area contributed by atoms with Crippen molar-refractivity contribution in [1.82, 2.24) is 4.98 Å². The van der Waals surface area contributed by atoms with Crippen LogP contribution in [0, 0.1) is 0 Å². The molecule has 1 aliphatic rings. The molecular formula is C11H17N3O2S. The number of hydrogen-bond acceptors (Lipinski definition) is 5.